The van der Waals surface area contributed by atoms with E-state index in [4.69, 9.17) is 9.47 Å². The SMILES string of the molecule is CN=C(NCc1ccnc(-n2cccn2)c1)Nc1ccc2c(c1)OCCCO2.I. The summed E-state index contributed by atoms with van der Waals surface area (Å²) >= 11 is 0. The van der Waals surface area contributed by atoms with Crippen molar-refractivity contribution < 1.29 is 9.47 Å². The van der Waals surface area contributed by atoms with E-state index in [2.05, 4.69) is 25.7 Å². The second-order valence-corrected chi connectivity index (χ2v) is 6.24. The minimum absolute atomic E-state index is 0. The lowest BCUT2D eigenvalue weighted by molar-refractivity contribution is 0.297. The molecule has 2 N–H and O–H groups in total. The van der Waals surface area contributed by atoms with Crippen LogP contribution in [-0.4, -0.2) is 41.0 Å². The van der Waals surface area contributed by atoms with Gasteiger partial charge in [-0.3, -0.25) is 4.99 Å². The molecule has 0 bridgehead atoms. The van der Waals surface area contributed by atoms with Crippen LogP contribution in [-0.2, 0) is 6.54 Å². The molecule has 1 aliphatic heterocycles. The highest BCUT2D eigenvalue weighted by Crippen LogP contribution is 2.32. The van der Waals surface area contributed by atoms with E-state index in [1.54, 1.807) is 24.1 Å². The monoisotopic (exact) mass is 506 g/mol. The molecule has 3 heterocycles. The van der Waals surface area contributed by atoms with Gasteiger partial charge in [0.2, 0.25) is 0 Å². The van der Waals surface area contributed by atoms with Crippen molar-refractivity contribution in [2.24, 2.45) is 4.99 Å². The van der Waals surface area contributed by atoms with E-state index in [1.807, 2.05) is 42.6 Å². The molecule has 0 saturated carbocycles. The van der Waals surface area contributed by atoms with Gasteiger partial charge in [-0.2, -0.15) is 5.10 Å². The molecule has 0 aliphatic carbocycles. The summed E-state index contributed by atoms with van der Waals surface area (Å²) in [5.74, 6) is 2.95. The summed E-state index contributed by atoms with van der Waals surface area (Å²) in [6.45, 7) is 1.93. The largest absolute Gasteiger partial charge is 0.490 e. The predicted molar refractivity (Wildman–Crippen MR) is 123 cm³/mol. The number of anilines is 1. The average molecular weight is 506 g/mol. The number of fused-ring (bicyclic) bond motifs is 1. The first-order valence-electron chi connectivity index (χ1n) is 9.14. The number of halogens is 1. The second kappa shape index (κ2) is 10.1. The Labute approximate surface area is 186 Å². The third-order valence-electron chi connectivity index (χ3n) is 4.24. The Kier molecular flexibility index (Phi) is 7.28. The van der Waals surface area contributed by atoms with Crippen LogP contribution in [0.1, 0.15) is 12.0 Å². The Morgan fingerprint density at radius 3 is 2.79 bits per heavy atom. The smallest absolute Gasteiger partial charge is 0.195 e. The molecular weight excluding hydrogens is 483 g/mol. The fraction of sp³-hybridized carbons (Fsp3) is 0.250. The first kappa shape index (κ1) is 20.9. The normalized spacial score (nSPS) is 13.2. The molecule has 9 heteroatoms. The van der Waals surface area contributed by atoms with Crippen molar-refractivity contribution in [1.82, 2.24) is 20.1 Å². The van der Waals surface area contributed by atoms with Crippen LogP contribution in [0.2, 0.25) is 0 Å². The van der Waals surface area contributed by atoms with Crippen LogP contribution >= 0.6 is 24.0 Å². The molecule has 152 valence electrons. The van der Waals surface area contributed by atoms with E-state index in [9.17, 15) is 0 Å². The molecule has 2 aromatic heterocycles. The molecule has 3 aromatic rings. The average Bonchev–Trinajstić information content (AvgIpc) is 3.17. The number of nitrogens with one attached hydrogen (secondary N) is 2. The molecular formula is C20H23IN6O2. The summed E-state index contributed by atoms with van der Waals surface area (Å²) in [5, 5.41) is 10.8. The van der Waals surface area contributed by atoms with Crippen molar-refractivity contribution in [3.8, 4) is 17.3 Å². The number of hydrogen-bond acceptors (Lipinski definition) is 5. The quantitative estimate of drug-likeness (QED) is 0.321. The third kappa shape index (κ3) is 5.37. The number of guanidine groups is 1. The summed E-state index contributed by atoms with van der Waals surface area (Å²) in [5.41, 5.74) is 1.95. The number of hydrogen-bond donors (Lipinski definition) is 2. The number of pyridine rings is 1. The van der Waals surface area contributed by atoms with Crippen molar-refractivity contribution in [2.45, 2.75) is 13.0 Å². The molecule has 0 atom stereocenters. The van der Waals surface area contributed by atoms with Gasteiger partial charge in [0, 0.05) is 50.4 Å². The highest BCUT2D eigenvalue weighted by Gasteiger charge is 2.11. The fourth-order valence-electron chi connectivity index (χ4n) is 2.84. The molecule has 8 nitrogen and oxygen atoms in total. The first-order valence-corrected chi connectivity index (χ1v) is 9.14. The van der Waals surface area contributed by atoms with Crippen LogP contribution in [0.3, 0.4) is 0 Å². The molecule has 29 heavy (non-hydrogen) atoms. The predicted octanol–water partition coefficient (Wildman–Crippen LogP) is 3.23. The van der Waals surface area contributed by atoms with Gasteiger partial charge >= 0.3 is 0 Å². The van der Waals surface area contributed by atoms with Crippen molar-refractivity contribution in [1.29, 1.82) is 0 Å². The van der Waals surface area contributed by atoms with E-state index < -0.39 is 0 Å². The highest BCUT2D eigenvalue weighted by molar-refractivity contribution is 14.0. The van der Waals surface area contributed by atoms with Gasteiger partial charge in [-0.05, 0) is 35.9 Å². The van der Waals surface area contributed by atoms with Crippen LogP contribution in [0, 0.1) is 0 Å². The van der Waals surface area contributed by atoms with Crippen molar-refractivity contribution in [3.05, 3.63) is 60.6 Å². The minimum atomic E-state index is 0. The molecule has 0 amide bonds. The minimum Gasteiger partial charge on any atom is -0.490 e. The van der Waals surface area contributed by atoms with E-state index in [0.29, 0.717) is 25.7 Å². The highest BCUT2D eigenvalue weighted by atomic mass is 127. The maximum absolute atomic E-state index is 5.74. The first-order chi connectivity index (χ1) is 13.8. The van der Waals surface area contributed by atoms with Crippen LogP contribution in [0.5, 0.6) is 11.5 Å². The lowest BCUT2D eigenvalue weighted by Gasteiger charge is -2.14. The molecule has 0 saturated heterocycles. The summed E-state index contributed by atoms with van der Waals surface area (Å²) in [6, 6.07) is 11.6. The zero-order valence-electron chi connectivity index (χ0n) is 16.0. The molecule has 4 rings (SSSR count). The van der Waals surface area contributed by atoms with Gasteiger partial charge in [0.1, 0.15) is 0 Å². The number of benzene rings is 1. The zero-order valence-corrected chi connectivity index (χ0v) is 18.4. The van der Waals surface area contributed by atoms with Gasteiger partial charge in [0.25, 0.3) is 0 Å². The standard InChI is InChI=1S/C20H22N6O2.HI/c1-21-20(25-16-4-5-17-18(13-16)28-11-3-10-27-17)23-14-15-6-8-22-19(12-15)26-9-2-7-24-26;/h2,4-9,12-13H,3,10-11,14H2,1H3,(H2,21,23,25);1H. The summed E-state index contributed by atoms with van der Waals surface area (Å²) < 4.78 is 13.1. The lowest BCUT2D eigenvalue weighted by atomic mass is 10.2. The molecule has 0 spiro atoms. The van der Waals surface area contributed by atoms with Crippen molar-refractivity contribution >= 4 is 35.6 Å². The van der Waals surface area contributed by atoms with Gasteiger partial charge in [-0.1, -0.05) is 0 Å². The van der Waals surface area contributed by atoms with Gasteiger partial charge in [0.05, 0.1) is 13.2 Å². The maximum Gasteiger partial charge on any atom is 0.195 e. The van der Waals surface area contributed by atoms with Crippen LogP contribution in [0.25, 0.3) is 5.82 Å². The Morgan fingerprint density at radius 1 is 1.14 bits per heavy atom. The van der Waals surface area contributed by atoms with Gasteiger partial charge < -0.3 is 20.1 Å². The summed E-state index contributed by atoms with van der Waals surface area (Å²) in [4.78, 5) is 8.64. The maximum atomic E-state index is 5.74. The van der Waals surface area contributed by atoms with Gasteiger partial charge in [-0.15, -0.1) is 24.0 Å². The number of ether oxygens (including phenoxy) is 2. The van der Waals surface area contributed by atoms with Crippen LogP contribution < -0.4 is 20.1 Å². The van der Waals surface area contributed by atoms with E-state index in [-0.39, 0.29) is 24.0 Å². The van der Waals surface area contributed by atoms with Gasteiger partial charge in [0.15, 0.2) is 23.3 Å². The summed E-state index contributed by atoms with van der Waals surface area (Å²) in [7, 11) is 1.74. The lowest BCUT2D eigenvalue weighted by Crippen LogP contribution is -2.30. The molecule has 0 radical (unpaired) electrons. The molecule has 1 aromatic carbocycles. The number of nitrogens with zero attached hydrogens (tertiary/aromatic N) is 4. The Balaban J connectivity index is 0.00000240. The third-order valence-corrected chi connectivity index (χ3v) is 4.24. The Hall–Kier alpha value is -2.82. The number of rotatable bonds is 4. The van der Waals surface area contributed by atoms with Gasteiger partial charge in [-0.25, -0.2) is 9.67 Å². The summed E-state index contributed by atoms with van der Waals surface area (Å²) in [6.07, 6.45) is 6.25. The number of aliphatic imine (C=N–C) groups is 1. The van der Waals surface area contributed by atoms with Crippen LogP contribution in [0.4, 0.5) is 5.69 Å². The Morgan fingerprint density at radius 2 is 2.00 bits per heavy atom. The van der Waals surface area contributed by atoms with Crippen molar-refractivity contribution in [2.75, 3.05) is 25.6 Å². The Bertz CT molecular complexity index is 961. The molecule has 0 fully saturated rings. The van der Waals surface area contributed by atoms with E-state index in [0.717, 1.165) is 35.0 Å². The zero-order chi connectivity index (χ0) is 19.2. The molecule has 1 aliphatic rings. The van der Waals surface area contributed by atoms with Crippen LogP contribution in [0.15, 0.2) is 60.0 Å². The fourth-order valence-corrected chi connectivity index (χ4v) is 2.84. The number of aromatic nitrogens is 3. The topological polar surface area (TPSA) is 85.6 Å². The van der Waals surface area contributed by atoms with Crippen molar-refractivity contribution in [3.63, 3.8) is 0 Å². The van der Waals surface area contributed by atoms with E-state index >= 15 is 0 Å². The second-order valence-electron chi connectivity index (χ2n) is 6.24. The van der Waals surface area contributed by atoms with E-state index in [1.165, 1.54) is 0 Å². The molecule has 0 unspecified atom stereocenters.